The largest absolute Gasteiger partial charge is 0.341 e. The number of amides is 1. The number of likely N-dealkylation sites (N-methyl/N-ethyl adjacent to an activating group) is 1. The fourth-order valence-corrected chi connectivity index (χ4v) is 4.09. The van der Waals surface area contributed by atoms with Crippen LogP contribution in [0.3, 0.4) is 0 Å². The summed E-state index contributed by atoms with van der Waals surface area (Å²) in [7, 11) is 2.13. The highest BCUT2D eigenvalue weighted by molar-refractivity contribution is 6.10. The number of benzene rings is 2. The van der Waals surface area contributed by atoms with E-state index in [2.05, 4.69) is 70.1 Å². The van der Waals surface area contributed by atoms with Crippen LogP contribution in [0, 0.1) is 0 Å². The number of hydrogen-bond donors (Lipinski definition) is 1. The molecule has 1 aliphatic rings. The summed E-state index contributed by atoms with van der Waals surface area (Å²) in [5.74, 6) is 0.0677. The van der Waals surface area contributed by atoms with Crippen molar-refractivity contribution in [1.82, 2.24) is 14.4 Å². The standard InChI is InChI=1S/C22H28N4O/c1-4-26-20-8-6-5-7-18(20)19-15-17(9-10-21(19)26)23-22(27)16(2)25-13-11-24(3)12-14-25/h5-10,15-16H,4,11-14H2,1-3H3,(H,23,27)/t16-/m1/s1. The number of aryl methyl sites for hydroxylation is 1. The van der Waals surface area contributed by atoms with E-state index in [9.17, 15) is 4.79 Å². The first-order valence-electron chi connectivity index (χ1n) is 9.83. The van der Waals surface area contributed by atoms with E-state index in [1.807, 2.05) is 13.0 Å². The lowest BCUT2D eigenvalue weighted by atomic mass is 10.1. The Hall–Kier alpha value is -2.37. The molecular formula is C22H28N4O. The normalized spacial score (nSPS) is 17.4. The minimum Gasteiger partial charge on any atom is -0.341 e. The van der Waals surface area contributed by atoms with Crippen LogP contribution >= 0.6 is 0 Å². The second-order valence-corrected chi connectivity index (χ2v) is 7.50. The average molecular weight is 364 g/mol. The minimum atomic E-state index is -0.119. The lowest BCUT2D eigenvalue weighted by Gasteiger charge is -2.35. The number of carbonyl (C=O) groups excluding carboxylic acids is 1. The molecule has 0 aliphatic carbocycles. The Bertz CT molecular complexity index is 969. The molecule has 1 fully saturated rings. The highest BCUT2D eigenvalue weighted by atomic mass is 16.2. The van der Waals surface area contributed by atoms with Gasteiger partial charge in [0.2, 0.25) is 5.91 Å². The van der Waals surface area contributed by atoms with Crippen LogP contribution in [0.15, 0.2) is 42.5 Å². The fourth-order valence-electron chi connectivity index (χ4n) is 4.09. The van der Waals surface area contributed by atoms with Gasteiger partial charge in [0.1, 0.15) is 0 Å². The van der Waals surface area contributed by atoms with Gasteiger partial charge in [-0.15, -0.1) is 0 Å². The Labute approximate surface area is 160 Å². The van der Waals surface area contributed by atoms with Gasteiger partial charge in [0.05, 0.1) is 6.04 Å². The van der Waals surface area contributed by atoms with Crippen molar-refractivity contribution in [3.05, 3.63) is 42.5 Å². The van der Waals surface area contributed by atoms with Crippen LogP contribution in [-0.2, 0) is 11.3 Å². The second kappa shape index (κ2) is 7.33. The number of hydrogen-bond acceptors (Lipinski definition) is 3. The van der Waals surface area contributed by atoms with Gasteiger partial charge < -0.3 is 14.8 Å². The van der Waals surface area contributed by atoms with Gasteiger partial charge in [0, 0.05) is 60.2 Å². The van der Waals surface area contributed by atoms with Gasteiger partial charge in [-0.3, -0.25) is 9.69 Å². The molecule has 27 heavy (non-hydrogen) atoms. The van der Waals surface area contributed by atoms with Crippen LogP contribution in [0.4, 0.5) is 5.69 Å². The van der Waals surface area contributed by atoms with Crippen LogP contribution in [0.5, 0.6) is 0 Å². The maximum atomic E-state index is 12.8. The Morgan fingerprint density at radius 3 is 2.48 bits per heavy atom. The van der Waals surface area contributed by atoms with E-state index in [-0.39, 0.29) is 11.9 Å². The second-order valence-electron chi connectivity index (χ2n) is 7.50. The van der Waals surface area contributed by atoms with Gasteiger partial charge in [0.25, 0.3) is 0 Å². The molecule has 1 aliphatic heterocycles. The van der Waals surface area contributed by atoms with Gasteiger partial charge in [-0.1, -0.05) is 18.2 Å². The van der Waals surface area contributed by atoms with Crippen LogP contribution in [0.1, 0.15) is 13.8 Å². The summed E-state index contributed by atoms with van der Waals surface area (Å²) in [4.78, 5) is 17.3. The molecule has 2 aromatic carbocycles. The molecule has 0 saturated carbocycles. The number of anilines is 1. The van der Waals surface area contributed by atoms with E-state index < -0.39 is 0 Å². The van der Waals surface area contributed by atoms with Crippen molar-refractivity contribution in [2.24, 2.45) is 0 Å². The molecule has 142 valence electrons. The molecule has 1 atom stereocenters. The third-order valence-electron chi connectivity index (χ3n) is 5.82. The number of piperazine rings is 1. The average Bonchev–Trinajstić information content (AvgIpc) is 3.01. The highest BCUT2D eigenvalue weighted by Crippen LogP contribution is 2.31. The lowest BCUT2D eigenvalue weighted by molar-refractivity contribution is -0.121. The molecule has 5 nitrogen and oxygen atoms in total. The molecule has 0 spiro atoms. The molecule has 1 aromatic heterocycles. The zero-order chi connectivity index (χ0) is 19.0. The van der Waals surface area contributed by atoms with Crippen molar-refractivity contribution in [3.63, 3.8) is 0 Å². The van der Waals surface area contributed by atoms with E-state index >= 15 is 0 Å². The van der Waals surface area contributed by atoms with Crippen molar-refractivity contribution >= 4 is 33.4 Å². The summed E-state index contributed by atoms with van der Waals surface area (Å²) >= 11 is 0. The molecule has 4 rings (SSSR count). The molecule has 0 bridgehead atoms. The first kappa shape index (κ1) is 18.0. The third-order valence-corrected chi connectivity index (χ3v) is 5.82. The van der Waals surface area contributed by atoms with E-state index in [0.29, 0.717) is 0 Å². The number of nitrogens with zero attached hydrogens (tertiary/aromatic N) is 3. The number of carbonyl (C=O) groups is 1. The molecule has 3 aromatic rings. The molecule has 1 saturated heterocycles. The number of nitrogens with one attached hydrogen (secondary N) is 1. The van der Waals surface area contributed by atoms with Gasteiger partial charge in [-0.25, -0.2) is 0 Å². The summed E-state index contributed by atoms with van der Waals surface area (Å²) in [6.07, 6.45) is 0. The van der Waals surface area contributed by atoms with Crippen molar-refractivity contribution in [2.75, 3.05) is 38.5 Å². The zero-order valence-electron chi connectivity index (χ0n) is 16.4. The van der Waals surface area contributed by atoms with Crippen LogP contribution in [-0.4, -0.2) is 59.5 Å². The Kier molecular flexibility index (Phi) is 4.89. The first-order valence-corrected chi connectivity index (χ1v) is 9.83. The van der Waals surface area contributed by atoms with E-state index in [4.69, 9.17) is 0 Å². The summed E-state index contributed by atoms with van der Waals surface area (Å²) < 4.78 is 2.32. The van der Waals surface area contributed by atoms with Crippen LogP contribution < -0.4 is 5.32 Å². The topological polar surface area (TPSA) is 40.5 Å². The summed E-state index contributed by atoms with van der Waals surface area (Å²) in [5.41, 5.74) is 3.32. The molecule has 0 unspecified atom stereocenters. The monoisotopic (exact) mass is 364 g/mol. The number of aromatic nitrogens is 1. The Balaban J connectivity index is 1.59. The maximum absolute atomic E-state index is 12.8. The SMILES string of the molecule is CCn1c2ccccc2c2cc(NC(=O)[C@@H](C)N3CCN(C)CC3)ccc21. The molecule has 1 N–H and O–H groups in total. The van der Waals surface area contributed by atoms with E-state index in [0.717, 1.165) is 38.4 Å². The molecule has 2 heterocycles. The summed E-state index contributed by atoms with van der Waals surface area (Å²) in [6.45, 7) is 9.00. The highest BCUT2D eigenvalue weighted by Gasteiger charge is 2.24. The van der Waals surface area contributed by atoms with Crippen molar-refractivity contribution in [2.45, 2.75) is 26.4 Å². The minimum absolute atomic E-state index is 0.0677. The third kappa shape index (κ3) is 3.33. The maximum Gasteiger partial charge on any atom is 0.241 e. The van der Waals surface area contributed by atoms with Gasteiger partial charge in [-0.05, 0) is 45.2 Å². The van der Waals surface area contributed by atoms with Crippen LogP contribution in [0.25, 0.3) is 21.8 Å². The van der Waals surface area contributed by atoms with Crippen LogP contribution in [0.2, 0.25) is 0 Å². The van der Waals surface area contributed by atoms with Gasteiger partial charge >= 0.3 is 0 Å². The lowest BCUT2D eigenvalue weighted by Crippen LogP contribution is -2.51. The Morgan fingerprint density at radius 1 is 1.04 bits per heavy atom. The summed E-state index contributed by atoms with van der Waals surface area (Å²) in [5, 5.41) is 5.56. The molecule has 1 amide bonds. The number of fused-ring (bicyclic) bond motifs is 3. The quantitative estimate of drug-likeness (QED) is 0.771. The number of rotatable bonds is 4. The van der Waals surface area contributed by atoms with Crippen molar-refractivity contribution < 1.29 is 4.79 Å². The molecular weight excluding hydrogens is 336 g/mol. The van der Waals surface area contributed by atoms with Gasteiger partial charge in [0.15, 0.2) is 0 Å². The Morgan fingerprint density at radius 2 is 1.74 bits per heavy atom. The predicted octanol–water partition coefficient (Wildman–Crippen LogP) is 3.39. The van der Waals surface area contributed by atoms with Crippen molar-refractivity contribution in [1.29, 1.82) is 0 Å². The molecule has 0 radical (unpaired) electrons. The van der Waals surface area contributed by atoms with Gasteiger partial charge in [-0.2, -0.15) is 0 Å². The van der Waals surface area contributed by atoms with E-state index in [1.54, 1.807) is 0 Å². The summed E-state index contributed by atoms with van der Waals surface area (Å²) in [6, 6.07) is 14.6. The number of para-hydroxylation sites is 1. The van der Waals surface area contributed by atoms with E-state index in [1.165, 1.54) is 21.8 Å². The first-order chi connectivity index (χ1) is 13.1. The zero-order valence-corrected chi connectivity index (χ0v) is 16.4. The van der Waals surface area contributed by atoms with Crippen molar-refractivity contribution in [3.8, 4) is 0 Å². The fraction of sp³-hybridized carbons (Fsp3) is 0.409. The smallest absolute Gasteiger partial charge is 0.241 e. The predicted molar refractivity (Wildman–Crippen MR) is 112 cm³/mol. The molecule has 5 heteroatoms.